The van der Waals surface area contributed by atoms with E-state index in [4.69, 9.17) is 14.6 Å². The van der Waals surface area contributed by atoms with Crippen LogP contribution >= 0.6 is 0 Å². The van der Waals surface area contributed by atoms with Gasteiger partial charge in [-0.1, -0.05) is 0 Å². The standard InChI is InChI=1S/C10H18O4/c1-7-3-2-4-10(14-7)9(12)8(5-11)6-13-10/h7-9,11-12H,2-6H2,1H3/t7-,8+,9-,10-/m0/s1. The molecule has 2 heterocycles. The summed E-state index contributed by atoms with van der Waals surface area (Å²) in [6.07, 6.45) is 2.21. The van der Waals surface area contributed by atoms with Crippen LogP contribution in [0.4, 0.5) is 0 Å². The summed E-state index contributed by atoms with van der Waals surface area (Å²) in [7, 11) is 0. The first-order chi connectivity index (χ1) is 6.68. The van der Waals surface area contributed by atoms with E-state index in [1.807, 2.05) is 6.92 Å². The molecule has 4 heteroatoms. The van der Waals surface area contributed by atoms with E-state index in [9.17, 15) is 5.11 Å². The molecule has 4 atom stereocenters. The molecule has 1 spiro atoms. The lowest BCUT2D eigenvalue weighted by molar-refractivity contribution is -0.284. The summed E-state index contributed by atoms with van der Waals surface area (Å²) in [5, 5.41) is 19.0. The summed E-state index contributed by atoms with van der Waals surface area (Å²) < 4.78 is 11.2. The average Bonchev–Trinajstić information content (AvgIpc) is 2.45. The van der Waals surface area contributed by atoms with Gasteiger partial charge in [0.15, 0.2) is 5.79 Å². The third kappa shape index (κ3) is 1.56. The van der Waals surface area contributed by atoms with E-state index in [1.54, 1.807) is 0 Å². The second-order valence-electron chi connectivity index (χ2n) is 4.33. The van der Waals surface area contributed by atoms with E-state index in [0.717, 1.165) is 19.3 Å². The van der Waals surface area contributed by atoms with Crippen LogP contribution in [-0.2, 0) is 9.47 Å². The first-order valence-corrected chi connectivity index (χ1v) is 5.28. The van der Waals surface area contributed by atoms with Gasteiger partial charge in [-0.3, -0.25) is 0 Å². The summed E-state index contributed by atoms with van der Waals surface area (Å²) >= 11 is 0. The van der Waals surface area contributed by atoms with Gasteiger partial charge in [-0.15, -0.1) is 0 Å². The maximum Gasteiger partial charge on any atom is 0.195 e. The van der Waals surface area contributed by atoms with Gasteiger partial charge in [-0.25, -0.2) is 0 Å². The van der Waals surface area contributed by atoms with Crippen LogP contribution in [0.15, 0.2) is 0 Å². The molecule has 0 aliphatic carbocycles. The SMILES string of the molecule is C[C@H]1CCC[C@]2(OC[C@@H](CO)[C@@H]2O)O1. The molecule has 0 aromatic carbocycles. The molecule has 0 bridgehead atoms. The van der Waals surface area contributed by atoms with Gasteiger partial charge in [0.2, 0.25) is 0 Å². The van der Waals surface area contributed by atoms with Crippen LogP contribution in [0, 0.1) is 5.92 Å². The van der Waals surface area contributed by atoms with Crippen LogP contribution in [0.25, 0.3) is 0 Å². The zero-order valence-electron chi connectivity index (χ0n) is 8.48. The molecule has 0 amide bonds. The third-order valence-corrected chi connectivity index (χ3v) is 3.21. The number of ether oxygens (including phenoxy) is 2. The van der Waals surface area contributed by atoms with E-state index in [1.165, 1.54) is 0 Å². The van der Waals surface area contributed by atoms with Crippen molar-refractivity contribution in [1.29, 1.82) is 0 Å². The normalized spacial score (nSPS) is 48.6. The van der Waals surface area contributed by atoms with Crippen LogP contribution in [-0.4, -0.2) is 41.4 Å². The lowest BCUT2D eigenvalue weighted by Crippen LogP contribution is -2.49. The molecule has 4 nitrogen and oxygen atoms in total. The molecule has 2 rings (SSSR count). The fraction of sp³-hybridized carbons (Fsp3) is 1.00. The van der Waals surface area contributed by atoms with Crippen LogP contribution < -0.4 is 0 Å². The van der Waals surface area contributed by atoms with E-state index in [-0.39, 0.29) is 18.6 Å². The predicted molar refractivity (Wildman–Crippen MR) is 49.7 cm³/mol. The molecule has 2 aliphatic rings. The van der Waals surface area contributed by atoms with Gasteiger partial charge in [0, 0.05) is 12.3 Å². The van der Waals surface area contributed by atoms with Gasteiger partial charge in [-0.05, 0) is 19.8 Å². The lowest BCUT2D eigenvalue weighted by atomic mass is 9.93. The Morgan fingerprint density at radius 2 is 2.29 bits per heavy atom. The van der Waals surface area contributed by atoms with Gasteiger partial charge in [0.1, 0.15) is 6.10 Å². The second kappa shape index (κ2) is 3.77. The molecule has 0 aromatic rings. The molecule has 82 valence electrons. The Kier molecular flexibility index (Phi) is 2.79. The Bertz CT molecular complexity index is 208. The lowest BCUT2D eigenvalue weighted by Gasteiger charge is -2.39. The zero-order chi connectivity index (χ0) is 10.2. The maximum absolute atomic E-state index is 9.97. The van der Waals surface area contributed by atoms with Crippen molar-refractivity contribution < 1.29 is 19.7 Å². The van der Waals surface area contributed by atoms with Gasteiger partial charge in [-0.2, -0.15) is 0 Å². The Balaban J connectivity index is 2.08. The van der Waals surface area contributed by atoms with Crippen molar-refractivity contribution in [2.45, 2.75) is 44.2 Å². The van der Waals surface area contributed by atoms with Crippen molar-refractivity contribution in [3.63, 3.8) is 0 Å². The minimum absolute atomic E-state index is 0.0410. The molecule has 0 aromatic heterocycles. The first kappa shape index (κ1) is 10.4. The summed E-state index contributed by atoms with van der Waals surface area (Å²) in [5.74, 6) is -1.02. The van der Waals surface area contributed by atoms with Gasteiger partial charge in [0.25, 0.3) is 0 Å². The molecular formula is C10H18O4. The van der Waals surface area contributed by atoms with E-state index >= 15 is 0 Å². The van der Waals surface area contributed by atoms with E-state index < -0.39 is 11.9 Å². The molecule has 2 aliphatic heterocycles. The van der Waals surface area contributed by atoms with Crippen LogP contribution in [0.5, 0.6) is 0 Å². The van der Waals surface area contributed by atoms with Crippen LogP contribution in [0.3, 0.4) is 0 Å². The highest BCUT2D eigenvalue weighted by atomic mass is 16.7. The monoisotopic (exact) mass is 202 g/mol. The van der Waals surface area contributed by atoms with Crippen molar-refractivity contribution in [3.8, 4) is 0 Å². The third-order valence-electron chi connectivity index (χ3n) is 3.21. The molecule has 2 N–H and O–H groups in total. The summed E-state index contributed by atoms with van der Waals surface area (Å²) in [4.78, 5) is 0. The van der Waals surface area contributed by atoms with Gasteiger partial charge >= 0.3 is 0 Å². The smallest absolute Gasteiger partial charge is 0.195 e. The average molecular weight is 202 g/mol. The van der Waals surface area contributed by atoms with Crippen molar-refractivity contribution in [2.24, 2.45) is 5.92 Å². The highest BCUT2D eigenvalue weighted by Crippen LogP contribution is 2.40. The van der Waals surface area contributed by atoms with Crippen molar-refractivity contribution >= 4 is 0 Å². The number of aliphatic hydroxyl groups excluding tert-OH is 2. The molecule has 0 radical (unpaired) electrons. The quantitative estimate of drug-likeness (QED) is 0.641. The molecule has 2 fully saturated rings. The van der Waals surface area contributed by atoms with E-state index in [0.29, 0.717) is 6.61 Å². The van der Waals surface area contributed by atoms with Crippen molar-refractivity contribution in [2.75, 3.05) is 13.2 Å². The predicted octanol–water partition coefficient (Wildman–Crippen LogP) is 0.271. The van der Waals surface area contributed by atoms with E-state index in [2.05, 4.69) is 0 Å². The number of hydrogen-bond acceptors (Lipinski definition) is 4. The minimum Gasteiger partial charge on any atom is -0.396 e. The van der Waals surface area contributed by atoms with Gasteiger partial charge < -0.3 is 19.7 Å². The Morgan fingerprint density at radius 1 is 1.50 bits per heavy atom. The topological polar surface area (TPSA) is 58.9 Å². The summed E-state index contributed by atoms with van der Waals surface area (Å²) in [6, 6.07) is 0. The van der Waals surface area contributed by atoms with Crippen LogP contribution in [0.2, 0.25) is 0 Å². The summed E-state index contributed by atoms with van der Waals surface area (Å²) in [6.45, 7) is 2.34. The second-order valence-corrected chi connectivity index (χ2v) is 4.33. The highest BCUT2D eigenvalue weighted by molar-refractivity contribution is 4.93. The number of rotatable bonds is 1. The largest absolute Gasteiger partial charge is 0.396 e. The highest BCUT2D eigenvalue weighted by Gasteiger charge is 2.51. The fourth-order valence-electron chi connectivity index (χ4n) is 2.35. The van der Waals surface area contributed by atoms with Crippen molar-refractivity contribution in [3.05, 3.63) is 0 Å². The maximum atomic E-state index is 9.97. The van der Waals surface area contributed by atoms with Crippen LogP contribution in [0.1, 0.15) is 26.2 Å². The molecule has 14 heavy (non-hydrogen) atoms. The first-order valence-electron chi connectivity index (χ1n) is 5.28. The number of hydrogen-bond donors (Lipinski definition) is 2. The zero-order valence-corrected chi connectivity index (χ0v) is 8.48. The van der Waals surface area contributed by atoms with Gasteiger partial charge in [0.05, 0.1) is 19.3 Å². The minimum atomic E-state index is -0.828. The number of aliphatic hydroxyl groups is 2. The molecule has 0 unspecified atom stereocenters. The Hall–Kier alpha value is -0.160. The molecule has 0 saturated carbocycles. The van der Waals surface area contributed by atoms with Crippen molar-refractivity contribution in [1.82, 2.24) is 0 Å². The molecule has 2 saturated heterocycles. The fourth-order valence-corrected chi connectivity index (χ4v) is 2.35. The Labute approximate surface area is 83.8 Å². The summed E-state index contributed by atoms with van der Waals surface area (Å²) in [5.41, 5.74) is 0. The Morgan fingerprint density at radius 3 is 2.86 bits per heavy atom. The molecular weight excluding hydrogens is 184 g/mol.